The van der Waals surface area contributed by atoms with Gasteiger partial charge in [0.15, 0.2) is 11.5 Å². The Morgan fingerprint density at radius 3 is 2.36 bits per heavy atom. The van der Waals surface area contributed by atoms with Crippen LogP contribution in [-0.2, 0) is 16.0 Å². The quantitative estimate of drug-likeness (QED) is 0.349. The fourth-order valence-corrected chi connectivity index (χ4v) is 5.19. The minimum atomic E-state index is -0.346. The molecule has 0 saturated heterocycles. The molecule has 1 saturated carbocycles. The molecule has 1 unspecified atom stereocenters. The number of unbranched alkanes of at least 4 members (excludes halogenated alkanes) is 2. The molecule has 39 heavy (non-hydrogen) atoms. The first kappa shape index (κ1) is 28.3. The number of anilines is 1. The highest BCUT2D eigenvalue weighted by atomic mass is 16.5. The predicted molar refractivity (Wildman–Crippen MR) is 151 cm³/mol. The Kier molecular flexibility index (Phi) is 9.32. The van der Waals surface area contributed by atoms with E-state index in [4.69, 9.17) is 14.2 Å². The van der Waals surface area contributed by atoms with Crippen LogP contribution in [0.3, 0.4) is 0 Å². The summed E-state index contributed by atoms with van der Waals surface area (Å²) in [5, 5.41) is 9.31. The number of methoxy groups -OCH3 is 3. The number of fused-ring (bicyclic) bond motifs is 3. The smallest absolute Gasteiger partial charge is 0.220 e. The zero-order valence-corrected chi connectivity index (χ0v) is 23.3. The van der Waals surface area contributed by atoms with Gasteiger partial charge >= 0.3 is 0 Å². The van der Waals surface area contributed by atoms with Gasteiger partial charge in [0.05, 0.1) is 33.1 Å². The van der Waals surface area contributed by atoms with E-state index in [2.05, 4.69) is 16.0 Å². The number of ether oxygens (including phenoxy) is 3. The van der Waals surface area contributed by atoms with Gasteiger partial charge in [-0.15, -0.1) is 0 Å². The lowest BCUT2D eigenvalue weighted by Gasteiger charge is -2.19. The largest absolute Gasteiger partial charge is 0.493 e. The van der Waals surface area contributed by atoms with E-state index in [0.29, 0.717) is 54.8 Å². The molecule has 2 aliphatic carbocycles. The van der Waals surface area contributed by atoms with Crippen LogP contribution in [0.5, 0.6) is 17.2 Å². The van der Waals surface area contributed by atoms with Crippen LogP contribution in [-0.4, -0.2) is 45.7 Å². The molecule has 0 spiro atoms. The fraction of sp³-hybridized carbons (Fsp3) is 0.500. The van der Waals surface area contributed by atoms with E-state index < -0.39 is 0 Å². The van der Waals surface area contributed by atoms with Crippen molar-refractivity contribution in [2.75, 3.05) is 33.2 Å². The monoisotopic (exact) mass is 537 g/mol. The number of rotatable bonds is 12. The van der Waals surface area contributed by atoms with E-state index in [1.165, 1.54) is 6.92 Å². The third-order valence-electron chi connectivity index (χ3n) is 7.25. The number of hydrogen-bond acceptors (Lipinski definition) is 7. The molecule has 0 radical (unpaired) electrons. The second-order valence-electron chi connectivity index (χ2n) is 10.2. The lowest BCUT2D eigenvalue weighted by molar-refractivity contribution is -0.121. The third kappa shape index (κ3) is 6.82. The number of nitrogens with one attached hydrogen (secondary N) is 3. The van der Waals surface area contributed by atoms with E-state index in [-0.39, 0.29) is 23.3 Å². The van der Waals surface area contributed by atoms with Gasteiger partial charge in [0, 0.05) is 31.5 Å². The summed E-state index contributed by atoms with van der Waals surface area (Å²) in [7, 11) is 4.73. The van der Waals surface area contributed by atoms with Crippen molar-refractivity contribution >= 4 is 17.5 Å². The van der Waals surface area contributed by atoms with Crippen molar-refractivity contribution in [3.05, 3.63) is 45.6 Å². The summed E-state index contributed by atoms with van der Waals surface area (Å²) in [4.78, 5) is 37.3. The van der Waals surface area contributed by atoms with Gasteiger partial charge in [0.25, 0.3) is 0 Å². The van der Waals surface area contributed by atoms with Gasteiger partial charge in [-0.1, -0.05) is 12.5 Å². The number of amides is 2. The van der Waals surface area contributed by atoms with Crippen LogP contribution in [0, 0.1) is 0 Å². The molecule has 0 bridgehead atoms. The second kappa shape index (κ2) is 12.9. The molecule has 0 aromatic heterocycles. The lowest BCUT2D eigenvalue weighted by atomic mass is 9.95. The van der Waals surface area contributed by atoms with E-state index in [0.717, 1.165) is 54.4 Å². The highest BCUT2D eigenvalue weighted by molar-refractivity contribution is 5.83. The number of benzene rings is 1. The summed E-state index contributed by atoms with van der Waals surface area (Å²) < 4.78 is 17.0. The van der Waals surface area contributed by atoms with Gasteiger partial charge in [-0.2, -0.15) is 0 Å². The molecule has 1 atom stereocenters. The van der Waals surface area contributed by atoms with Crippen LogP contribution in [0.15, 0.2) is 29.1 Å². The van der Waals surface area contributed by atoms with Crippen molar-refractivity contribution in [1.82, 2.24) is 10.6 Å². The lowest BCUT2D eigenvalue weighted by Crippen LogP contribution is -2.26. The Bertz CT molecular complexity index is 1270. The van der Waals surface area contributed by atoms with Crippen LogP contribution < -0.4 is 35.6 Å². The molecular formula is C30H39N3O6. The van der Waals surface area contributed by atoms with Crippen molar-refractivity contribution in [2.24, 2.45) is 0 Å². The Balaban J connectivity index is 1.60. The van der Waals surface area contributed by atoms with Crippen molar-refractivity contribution in [1.29, 1.82) is 0 Å². The first-order chi connectivity index (χ1) is 18.9. The van der Waals surface area contributed by atoms with E-state index in [1.807, 2.05) is 12.1 Å². The molecule has 2 aromatic carbocycles. The van der Waals surface area contributed by atoms with Gasteiger partial charge < -0.3 is 30.2 Å². The third-order valence-corrected chi connectivity index (χ3v) is 7.25. The minimum absolute atomic E-state index is 0.127. The summed E-state index contributed by atoms with van der Waals surface area (Å²) >= 11 is 0. The van der Waals surface area contributed by atoms with Crippen molar-refractivity contribution in [3.63, 3.8) is 0 Å². The van der Waals surface area contributed by atoms with Crippen molar-refractivity contribution in [3.8, 4) is 28.4 Å². The van der Waals surface area contributed by atoms with Crippen LogP contribution in [0.2, 0.25) is 0 Å². The van der Waals surface area contributed by atoms with Gasteiger partial charge in [-0.05, 0) is 73.4 Å². The van der Waals surface area contributed by atoms with Crippen molar-refractivity contribution in [2.45, 2.75) is 70.4 Å². The molecule has 210 valence electrons. The first-order valence-corrected chi connectivity index (χ1v) is 13.7. The van der Waals surface area contributed by atoms with Gasteiger partial charge in [-0.25, -0.2) is 0 Å². The van der Waals surface area contributed by atoms with Gasteiger partial charge in [0.1, 0.15) is 0 Å². The molecule has 1 fully saturated rings. The standard InChI is InChI=1S/C30H39N3O6/c1-18(34)32-23-13-9-19-16-26(37-2)29(38-3)30(39-4)28(19)21-12-14-24(25(35)17-22(21)23)31-15-7-5-6-8-27(36)33-20-10-11-20/h12,14,16-17,20,23H,5-11,13,15H2,1-4H3,(H,31,35)(H,32,34)(H,33,36). The summed E-state index contributed by atoms with van der Waals surface area (Å²) in [6.07, 6.45) is 6.54. The molecule has 4 rings (SSSR count). The predicted octanol–water partition coefficient (Wildman–Crippen LogP) is 4.11. The first-order valence-electron chi connectivity index (χ1n) is 13.7. The summed E-state index contributed by atoms with van der Waals surface area (Å²) in [5.41, 5.74) is 3.66. The maximum atomic E-state index is 13.3. The van der Waals surface area contributed by atoms with E-state index in [1.54, 1.807) is 33.5 Å². The molecule has 3 N–H and O–H groups in total. The maximum Gasteiger partial charge on any atom is 0.220 e. The SMILES string of the molecule is COc1cc2c(c(OC)c1OC)-c1ccc(NCCCCCC(=O)NC3CC3)c(=O)cc1C(NC(C)=O)CC2. The van der Waals surface area contributed by atoms with Gasteiger partial charge in [-0.3, -0.25) is 14.4 Å². The molecule has 0 heterocycles. The molecule has 0 aliphatic heterocycles. The Morgan fingerprint density at radius 1 is 0.923 bits per heavy atom. The summed E-state index contributed by atoms with van der Waals surface area (Å²) in [5.74, 6) is 1.52. The summed E-state index contributed by atoms with van der Waals surface area (Å²) in [6.45, 7) is 2.10. The molecule has 9 heteroatoms. The van der Waals surface area contributed by atoms with Crippen molar-refractivity contribution < 1.29 is 23.8 Å². The molecule has 2 amide bonds. The summed E-state index contributed by atoms with van der Waals surface area (Å²) in [6, 6.07) is 7.30. The Hall–Kier alpha value is -3.75. The Labute approximate surface area is 229 Å². The van der Waals surface area contributed by atoms with Crippen LogP contribution in [0.25, 0.3) is 11.1 Å². The van der Waals surface area contributed by atoms with Gasteiger partial charge in [0.2, 0.25) is 23.0 Å². The topological polar surface area (TPSA) is 115 Å². The molecular weight excluding hydrogens is 498 g/mol. The fourth-order valence-electron chi connectivity index (χ4n) is 5.19. The van der Waals surface area contributed by atoms with E-state index in [9.17, 15) is 14.4 Å². The Morgan fingerprint density at radius 2 is 1.69 bits per heavy atom. The molecule has 9 nitrogen and oxygen atoms in total. The number of aryl methyl sites for hydroxylation is 1. The number of hydrogen-bond donors (Lipinski definition) is 3. The highest BCUT2D eigenvalue weighted by Crippen LogP contribution is 2.50. The number of carbonyl (C=O) groups excluding carboxylic acids is 2. The highest BCUT2D eigenvalue weighted by Gasteiger charge is 2.29. The zero-order valence-electron chi connectivity index (χ0n) is 23.3. The average Bonchev–Trinajstić information content (AvgIpc) is 3.75. The van der Waals surface area contributed by atoms with Crippen LogP contribution in [0.4, 0.5) is 5.69 Å². The number of carbonyl (C=O) groups is 2. The normalized spacial score (nSPS) is 15.7. The molecule has 2 aromatic rings. The maximum absolute atomic E-state index is 13.3. The second-order valence-corrected chi connectivity index (χ2v) is 10.2. The van der Waals surface area contributed by atoms with Crippen LogP contribution >= 0.6 is 0 Å². The molecule has 2 aliphatic rings. The van der Waals surface area contributed by atoms with E-state index >= 15 is 0 Å². The zero-order chi connectivity index (χ0) is 27.9. The average molecular weight is 538 g/mol. The minimum Gasteiger partial charge on any atom is -0.493 e. The van der Waals surface area contributed by atoms with Crippen LogP contribution in [0.1, 0.15) is 69.0 Å².